The van der Waals surface area contributed by atoms with Crippen LogP contribution in [0.3, 0.4) is 0 Å². The lowest BCUT2D eigenvalue weighted by molar-refractivity contribution is -0.127. The van der Waals surface area contributed by atoms with E-state index in [0.717, 1.165) is 42.4 Å². The van der Waals surface area contributed by atoms with E-state index in [4.69, 9.17) is 5.11 Å². The maximum atomic E-state index is 12.2. The number of hydrogen-bond donors (Lipinski definition) is 1. The first kappa shape index (κ1) is 15.3. The molecule has 0 aliphatic carbocycles. The zero-order valence-electron chi connectivity index (χ0n) is 11.5. The van der Waals surface area contributed by atoms with E-state index in [1.54, 1.807) is 6.08 Å². The van der Waals surface area contributed by atoms with Crippen molar-refractivity contribution in [2.75, 3.05) is 19.7 Å². The summed E-state index contributed by atoms with van der Waals surface area (Å²) in [6.45, 7) is 1.79. The lowest BCUT2D eigenvalue weighted by Crippen LogP contribution is -2.39. The van der Waals surface area contributed by atoms with Gasteiger partial charge < -0.3 is 10.0 Å². The van der Waals surface area contributed by atoms with E-state index in [2.05, 4.69) is 15.9 Å². The summed E-state index contributed by atoms with van der Waals surface area (Å²) in [4.78, 5) is 14.1. The van der Waals surface area contributed by atoms with E-state index in [1.165, 1.54) is 0 Å². The van der Waals surface area contributed by atoms with Gasteiger partial charge in [-0.15, -0.1) is 0 Å². The fourth-order valence-corrected chi connectivity index (χ4v) is 2.98. The van der Waals surface area contributed by atoms with Gasteiger partial charge in [0.05, 0.1) is 0 Å². The number of piperidine rings is 1. The highest BCUT2D eigenvalue weighted by Gasteiger charge is 2.21. The van der Waals surface area contributed by atoms with Gasteiger partial charge in [0, 0.05) is 30.2 Å². The van der Waals surface area contributed by atoms with Crippen LogP contribution in [0.25, 0.3) is 6.08 Å². The van der Waals surface area contributed by atoms with Crippen molar-refractivity contribution in [3.05, 3.63) is 40.4 Å². The van der Waals surface area contributed by atoms with E-state index >= 15 is 0 Å². The molecule has 1 amide bonds. The quantitative estimate of drug-likeness (QED) is 0.857. The van der Waals surface area contributed by atoms with Gasteiger partial charge in [-0.05, 0) is 42.9 Å². The average Bonchev–Trinajstić information content (AvgIpc) is 2.47. The summed E-state index contributed by atoms with van der Waals surface area (Å²) < 4.78 is 0.987. The van der Waals surface area contributed by atoms with E-state index in [1.807, 2.05) is 35.2 Å². The number of rotatable bonds is 4. The predicted molar refractivity (Wildman–Crippen MR) is 84.2 cm³/mol. The second-order valence-corrected chi connectivity index (χ2v) is 6.01. The number of carbonyl (C=O) groups excluding carboxylic acids is 1. The number of likely N-dealkylation sites (tertiary alicyclic amines) is 1. The van der Waals surface area contributed by atoms with Crippen LogP contribution in [0.2, 0.25) is 0 Å². The Bertz CT molecular complexity index is 485. The fourth-order valence-electron chi connectivity index (χ4n) is 2.56. The number of aliphatic hydroxyl groups excluding tert-OH is 1. The topological polar surface area (TPSA) is 40.5 Å². The van der Waals surface area contributed by atoms with Gasteiger partial charge in [0.15, 0.2) is 0 Å². The molecule has 0 spiro atoms. The van der Waals surface area contributed by atoms with Crippen molar-refractivity contribution in [2.45, 2.75) is 19.3 Å². The highest BCUT2D eigenvalue weighted by atomic mass is 79.9. The summed E-state index contributed by atoms with van der Waals surface area (Å²) in [5, 5.41) is 9.00. The molecule has 0 bridgehead atoms. The fraction of sp³-hybridized carbons (Fsp3) is 0.438. The minimum Gasteiger partial charge on any atom is -0.396 e. The summed E-state index contributed by atoms with van der Waals surface area (Å²) in [5.74, 6) is 0.498. The van der Waals surface area contributed by atoms with E-state index < -0.39 is 0 Å². The molecular formula is C16H20BrNO2. The first-order chi connectivity index (χ1) is 9.70. The number of carbonyl (C=O) groups is 1. The van der Waals surface area contributed by atoms with Crippen LogP contribution < -0.4 is 0 Å². The van der Waals surface area contributed by atoms with Gasteiger partial charge in [0.1, 0.15) is 0 Å². The molecular weight excluding hydrogens is 318 g/mol. The van der Waals surface area contributed by atoms with Crippen molar-refractivity contribution in [3.63, 3.8) is 0 Å². The van der Waals surface area contributed by atoms with Crippen molar-refractivity contribution < 1.29 is 9.90 Å². The van der Waals surface area contributed by atoms with E-state index in [9.17, 15) is 4.79 Å². The number of amides is 1. The highest BCUT2D eigenvalue weighted by molar-refractivity contribution is 9.10. The lowest BCUT2D eigenvalue weighted by atomic mass is 9.95. The standard InChI is InChI=1S/C16H20BrNO2/c17-15-6-2-1-5-14(15)7-8-16(20)18-10-3-4-13(12-18)9-11-19/h1-2,5-8,13,19H,3-4,9-12H2. The Hall–Kier alpha value is -1.13. The molecule has 1 aliphatic rings. The molecule has 0 saturated carbocycles. The van der Waals surface area contributed by atoms with Gasteiger partial charge in [-0.2, -0.15) is 0 Å². The summed E-state index contributed by atoms with van der Waals surface area (Å²) in [6.07, 6.45) is 6.42. The zero-order valence-corrected chi connectivity index (χ0v) is 13.1. The molecule has 1 aromatic rings. The molecule has 2 rings (SSSR count). The molecule has 1 N–H and O–H groups in total. The van der Waals surface area contributed by atoms with Crippen molar-refractivity contribution in [2.24, 2.45) is 5.92 Å². The van der Waals surface area contributed by atoms with Crippen LogP contribution in [-0.4, -0.2) is 35.6 Å². The van der Waals surface area contributed by atoms with Crippen LogP contribution in [0.4, 0.5) is 0 Å². The molecule has 0 radical (unpaired) electrons. The Kier molecular flexibility index (Phi) is 5.80. The van der Waals surface area contributed by atoms with Gasteiger partial charge in [0.25, 0.3) is 0 Å². The molecule has 1 saturated heterocycles. The van der Waals surface area contributed by atoms with Crippen LogP contribution in [0, 0.1) is 5.92 Å². The third kappa shape index (κ3) is 4.18. The maximum Gasteiger partial charge on any atom is 0.246 e. The molecule has 0 aromatic heterocycles. The van der Waals surface area contributed by atoms with E-state index in [-0.39, 0.29) is 12.5 Å². The molecule has 20 heavy (non-hydrogen) atoms. The first-order valence-electron chi connectivity index (χ1n) is 7.03. The Morgan fingerprint density at radius 2 is 2.25 bits per heavy atom. The normalized spacial score (nSPS) is 19.5. The number of hydrogen-bond acceptors (Lipinski definition) is 2. The molecule has 1 unspecified atom stereocenters. The van der Waals surface area contributed by atoms with Gasteiger partial charge in [-0.25, -0.2) is 0 Å². The van der Waals surface area contributed by atoms with Crippen LogP contribution in [0.1, 0.15) is 24.8 Å². The van der Waals surface area contributed by atoms with Crippen molar-refractivity contribution in [1.29, 1.82) is 0 Å². The van der Waals surface area contributed by atoms with E-state index in [0.29, 0.717) is 5.92 Å². The monoisotopic (exact) mass is 337 g/mol. The second kappa shape index (κ2) is 7.60. The summed E-state index contributed by atoms with van der Waals surface area (Å²) >= 11 is 3.47. The number of nitrogens with zero attached hydrogens (tertiary/aromatic N) is 1. The number of aliphatic hydroxyl groups is 1. The Labute approximate surface area is 128 Å². The molecule has 1 aromatic carbocycles. The molecule has 4 heteroatoms. The molecule has 1 atom stereocenters. The summed E-state index contributed by atoms with van der Waals surface area (Å²) in [5.41, 5.74) is 1.00. The molecule has 1 fully saturated rings. The predicted octanol–water partition coefficient (Wildman–Crippen LogP) is 3.08. The Balaban J connectivity index is 1.96. The third-order valence-corrected chi connectivity index (χ3v) is 4.40. The molecule has 1 aliphatic heterocycles. The largest absolute Gasteiger partial charge is 0.396 e. The van der Waals surface area contributed by atoms with Crippen molar-refractivity contribution in [1.82, 2.24) is 4.90 Å². The van der Waals surface area contributed by atoms with Crippen LogP contribution in [0.15, 0.2) is 34.8 Å². The molecule has 108 valence electrons. The second-order valence-electron chi connectivity index (χ2n) is 5.16. The minimum absolute atomic E-state index is 0.0587. The Morgan fingerprint density at radius 3 is 3.00 bits per heavy atom. The minimum atomic E-state index is 0.0587. The smallest absolute Gasteiger partial charge is 0.246 e. The summed E-state index contributed by atoms with van der Waals surface area (Å²) in [7, 11) is 0. The summed E-state index contributed by atoms with van der Waals surface area (Å²) in [6, 6.07) is 7.83. The zero-order chi connectivity index (χ0) is 14.4. The lowest BCUT2D eigenvalue weighted by Gasteiger charge is -2.31. The van der Waals surface area contributed by atoms with Crippen molar-refractivity contribution >= 4 is 27.9 Å². The number of halogens is 1. The number of benzene rings is 1. The Morgan fingerprint density at radius 1 is 1.45 bits per heavy atom. The van der Waals surface area contributed by atoms with Crippen LogP contribution >= 0.6 is 15.9 Å². The van der Waals surface area contributed by atoms with Gasteiger partial charge in [-0.3, -0.25) is 4.79 Å². The SMILES string of the molecule is O=C(C=Cc1ccccc1Br)N1CCCC(CCO)C1. The molecule has 1 heterocycles. The van der Waals surface area contributed by atoms with Gasteiger partial charge in [-0.1, -0.05) is 34.1 Å². The third-order valence-electron chi connectivity index (χ3n) is 3.68. The first-order valence-corrected chi connectivity index (χ1v) is 7.82. The van der Waals surface area contributed by atoms with Crippen molar-refractivity contribution in [3.8, 4) is 0 Å². The molecule has 3 nitrogen and oxygen atoms in total. The average molecular weight is 338 g/mol. The van der Waals surface area contributed by atoms with Gasteiger partial charge in [0.2, 0.25) is 5.91 Å². The maximum absolute atomic E-state index is 12.2. The van der Waals surface area contributed by atoms with Gasteiger partial charge >= 0.3 is 0 Å². The van der Waals surface area contributed by atoms with Crippen LogP contribution in [-0.2, 0) is 4.79 Å². The highest BCUT2D eigenvalue weighted by Crippen LogP contribution is 2.20. The van der Waals surface area contributed by atoms with Crippen LogP contribution in [0.5, 0.6) is 0 Å².